The Kier molecular flexibility index (Phi) is 4.99. The summed E-state index contributed by atoms with van der Waals surface area (Å²) in [7, 11) is 0. The number of nitrogens with zero attached hydrogens (tertiary/aromatic N) is 1. The Morgan fingerprint density at radius 3 is 2.84 bits per heavy atom. The van der Waals surface area contributed by atoms with Crippen molar-refractivity contribution in [3.05, 3.63) is 19.2 Å². The van der Waals surface area contributed by atoms with Crippen LogP contribution in [0.5, 0.6) is 0 Å². The van der Waals surface area contributed by atoms with Crippen molar-refractivity contribution >= 4 is 60.7 Å². The minimum atomic E-state index is -0.368. The van der Waals surface area contributed by atoms with Crippen LogP contribution in [-0.2, 0) is 4.74 Å². The van der Waals surface area contributed by atoms with Gasteiger partial charge in [-0.15, -0.1) is 22.9 Å². The van der Waals surface area contributed by atoms with Gasteiger partial charge in [0.15, 0.2) is 0 Å². The number of hydrogen-bond acceptors (Lipinski definition) is 3. The fourth-order valence-corrected chi connectivity index (χ4v) is 5.13. The first-order valence-electron chi connectivity index (χ1n) is 5.80. The van der Waals surface area contributed by atoms with Gasteiger partial charge in [-0.2, -0.15) is 0 Å². The molecule has 0 aliphatic carbocycles. The molecule has 0 N–H and O–H groups in total. The zero-order chi connectivity index (χ0) is 14.2. The fraction of sp³-hybridized carbons (Fsp3) is 0.583. The molecule has 1 unspecified atom stereocenters. The monoisotopic (exact) mass is 429 g/mol. The van der Waals surface area contributed by atoms with E-state index in [0.29, 0.717) is 24.5 Å². The normalized spacial score (nSPS) is 22.6. The van der Waals surface area contributed by atoms with E-state index in [1.54, 1.807) is 0 Å². The lowest BCUT2D eigenvalue weighted by atomic mass is 10.0. The Labute approximate surface area is 138 Å². The van der Waals surface area contributed by atoms with Crippen LogP contribution in [0.1, 0.15) is 24.2 Å². The molecule has 1 aromatic rings. The standard InChI is InChI=1S/C12H14Br2ClNO2S/c1-12(2)6-16(5-7(4-15)18-12)11(17)8-3-9(13)19-10(8)14/h3,7H,4-6H2,1-2H3. The maximum absolute atomic E-state index is 12.6. The van der Waals surface area contributed by atoms with Gasteiger partial charge in [-0.05, 0) is 51.8 Å². The summed E-state index contributed by atoms with van der Waals surface area (Å²) in [6, 6.07) is 1.84. The van der Waals surface area contributed by atoms with Crippen molar-refractivity contribution in [2.24, 2.45) is 0 Å². The topological polar surface area (TPSA) is 29.5 Å². The third kappa shape index (κ3) is 3.73. The molecular formula is C12H14Br2ClNO2S. The van der Waals surface area contributed by atoms with E-state index in [-0.39, 0.29) is 17.6 Å². The Bertz CT molecular complexity index is 492. The molecule has 0 saturated carbocycles. The van der Waals surface area contributed by atoms with E-state index in [1.165, 1.54) is 11.3 Å². The summed E-state index contributed by atoms with van der Waals surface area (Å²) in [6.45, 7) is 5.06. The van der Waals surface area contributed by atoms with Gasteiger partial charge in [0.25, 0.3) is 5.91 Å². The average molecular weight is 432 g/mol. The van der Waals surface area contributed by atoms with Crippen LogP contribution in [0.25, 0.3) is 0 Å². The van der Waals surface area contributed by atoms with Crippen LogP contribution in [0.3, 0.4) is 0 Å². The van der Waals surface area contributed by atoms with Gasteiger partial charge in [-0.25, -0.2) is 0 Å². The zero-order valence-corrected chi connectivity index (χ0v) is 15.3. The van der Waals surface area contributed by atoms with Gasteiger partial charge in [0.2, 0.25) is 0 Å². The highest BCUT2D eigenvalue weighted by molar-refractivity contribution is 9.12. The number of thiophene rings is 1. The van der Waals surface area contributed by atoms with E-state index in [4.69, 9.17) is 16.3 Å². The molecule has 0 bridgehead atoms. The van der Waals surface area contributed by atoms with Crippen molar-refractivity contribution in [1.82, 2.24) is 4.90 Å². The largest absolute Gasteiger partial charge is 0.367 e. The summed E-state index contributed by atoms with van der Waals surface area (Å²) in [4.78, 5) is 14.4. The molecule has 1 amide bonds. The van der Waals surface area contributed by atoms with Crippen molar-refractivity contribution in [2.75, 3.05) is 19.0 Å². The Balaban J connectivity index is 2.21. The second-order valence-corrected chi connectivity index (χ2v) is 9.14. The lowest BCUT2D eigenvalue weighted by molar-refractivity contribution is -0.117. The number of alkyl halides is 1. The third-order valence-corrected chi connectivity index (χ3v) is 5.51. The molecule has 0 aromatic carbocycles. The Morgan fingerprint density at radius 2 is 2.32 bits per heavy atom. The first kappa shape index (κ1) is 15.8. The number of hydrogen-bond donors (Lipinski definition) is 0. The number of rotatable bonds is 2. The molecule has 1 atom stereocenters. The van der Waals surface area contributed by atoms with Crippen LogP contribution in [0.4, 0.5) is 0 Å². The predicted molar refractivity (Wildman–Crippen MR) is 85.3 cm³/mol. The van der Waals surface area contributed by atoms with Gasteiger partial charge in [-0.3, -0.25) is 4.79 Å². The van der Waals surface area contributed by atoms with Crippen molar-refractivity contribution in [3.8, 4) is 0 Å². The summed E-state index contributed by atoms with van der Waals surface area (Å²) in [6.07, 6.45) is -0.116. The predicted octanol–water partition coefficient (Wildman–Crippen LogP) is 4.13. The summed E-state index contributed by atoms with van der Waals surface area (Å²) in [5, 5.41) is 0. The quantitative estimate of drug-likeness (QED) is 0.659. The third-order valence-electron chi connectivity index (χ3n) is 2.83. The van der Waals surface area contributed by atoms with E-state index in [9.17, 15) is 4.79 Å². The number of amides is 1. The highest BCUT2D eigenvalue weighted by Gasteiger charge is 2.36. The van der Waals surface area contributed by atoms with Crippen LogP contribution < -0.4 is 0 Å². The maximum Gasteiger partial charge on any atom is 0.256 e. The van der Waals surface area contributed by atoms with Crippen LogP contribution in [0.15, 0.2) is 13.6 Å². The second-order valence-electron chi connectivity index (χ2n) is 5.08. The fourth-order valence-electron chi connectivity index (χ4n) is 2.19. The number of halogens is 3. The number of carbonyl (C=O) groups excluding carboxylic acids is 1. The lowest BCUT2D eigenvalue weighted by Gasteiger charge is -2.42. The molecule has 2 rings (SSSR count). The van der Waals surface area contributed by atoms with Gasteiger partial charge in [0.05, 0.1) is 30.7 Å². The highest BCUT2D eigenvalue weighted by Crippen LogP contribution is 2.33. The summed E-state index contributed by atoms with van der Waals surface area (Å²) in [5.41, 5.74) is 0.315. The SMILES string of the molecule is CC1(C)CN(C(=O)c2cc(Br)sc2Br)CC(CCl)O1. The number of ether oxygens (including phenoxy) is 1. The van der Waals surface area contributed by atoms with E-state index in [2.05, 4.69) is 31.9 Å². The lowest BCUT2D eigenvalue weighted by Crippen LogP contribution is -2.55. The summed E-state index contributed by atoms with van der Waals surface area (Å²) < 4.78 is 7.61. The minimum absolute atomic E-state index is 0.0142. The molecular weight excluding hydrogens is 417 g/mol. The van der Waals surface area contributed by atoms with Crippen molar-refractivity contribution in [2.45, 2.75) is 25.6 Å². The molecule has 7 heteroatoms. The summed E-state index contributed by atoms with van der Waals surface area (Å²) in [5.74, 6) is 0.405. The Hall–Kier alpha value is 0.380. The number of morpholine rings is 1. The molecule has 0 spiro atoms. The van der Waals surface area contributed by atoms with E-state index in [0.717, 1.165) is 7.57 Å². The number of carbonyl (C=O) groups is 1. The van der Waals surface area contributed by atoms with Crippen molar-refractivity contribution in [1.29, 1.82) is 0 Å². The average Bonchev–Trinajstić information content (AvgIpc) is 2.65. The highest BCUT2D eigenvalue weighted by atomic mass is 79.9. The molecule has 3 nitrogen and oxygen atoms in total. The molecule has 0 radical (unpaired) electrons. The molecule has 1 aliphatic rings. The van der Waals surface area contributed by atoms with Gasteiger partial charge < -0.3 is 9.64 Å². The zero-order valence-electron chi connectivity index (χ0n) is 10.6. The molecule has 1 fully saturated rings. The van der Waals surface area contributed by atoms with E-state index >= 15 is 0 Å². The first-order chi connectivity index (χ1) is 8.82. The molecule has 1 aromatic heterocycles. The molecule has 1 aliphatic heterocycles. The van der Waals surface area contributed by atoms with E-state index < -0.39 is 0 Å². The first-order valence-corrected chi connectivity index (χ1v) is 8.74. The van der Waals surface area contributed by atoms with Crippen LogP contribution >= 0.6 is 54.8 Å². The van der Waals surface area contributed by atoms with Crippen LogP contribution in [-0.4, -0.2) is 41.5 Å². The molecule has 19 heavy (non-hydrogen) atoms. The van der Waals surface area contributed by atoms with Crippen molar-refractivity contribution < 1.29 is 9.53 Å². The minimum Gasteiger partial charge on any atom is -0.367 e. The van der Waals surface area contributed by atoms with Gasteiger partial charge >= 0.3 is 0 Å². The molecule has 2 heterocycles. The van der Waals surface area contributed by atoms with Crippen LogP contribution in [0.2, 0.25) is 0 Å². The van der Waals surface area contributed by atoms with Gasteiger partial charge in [-0.1, -0.05) is 0 Å². The van der Waals surface area contributed by atoms with Gasteiger partial charge in [0, 0.05) is 13.1 Å². The summed E-state index contributed by atoms with van der Waals surface area (Å²) >= 11 is 14.2. The maximum atomic E-state index is 12.6. The van der Waals surface area contributed by atoms with Gasteiger partial charge in [0.1, 0.15) is 0 Å². The smallest absolute Gasteiger partial charge is 0.256 e. The molecule has 1 saturated heterocycles. The second kappa shape index (κ2) is 6.02. The van der Waals surface area contributed by atoms with Crippen molar-refractivity contribution in [3.63, 3.8) is 0 Å². The molecule has 106 valence electrons. The Morgan fingerprint density at radius 1 is 1.63 bits per heavy atom. The van der Waals surface area contributed by atoms with Crippen LogP contribution in [0, 0.1) is 0 Å². The van der Waals surface area contributed by atoms with E-state index in [1.807, 2.05) is 24.8 Å².